The van der Waals surface area contributed by atoms with Crippen molar-refractivity contribution in [3.05, 3.63) is 63.7 Å². The van der Waals surface area contributed by atoms with Gasteiger partial charge >= 0.3 is 0 Å². The molecule has 4 rings (SSSR count). The van der Waals surface area contributed by atoms with Crippen molar-refractivity contribution in [1.29, 1.82) is 0 Å². The third kappa shape index (κ3) is 2.22. The molecule has 6 nitrogen and oxygen atoms in total. The van der Waals surface area contributed by atoms with Crippen molar-refractivity contribution in [2.45, 2.75) is 34.2 Å². The van der Waals surface area contributed by atoms with E-state index < -0.39 is 0 Å². The van der Waals surface area contributed by atoms with Crippen LogP contribution in [0.3, 0.4) is 0 Å². The Morgan fingerprint density at radius 1 is 1.04 bits per heavy atom. The van der Waals surface area contributed by atoms with Gasteiger partial charge in [0.25, 0.3) is 5.69 Å². The number of non-ortho nitro benzene ring substituents is 1. The Balaban J connectivity index is 1.98. The van der Waals surface area contributed by atoms with E-state index in [4.69, 9.17) is 5.10 Å². The van der Waals surface area contributed by atoms with Crippen LogP contribution in [0.1, 0.15) is 24.0 Å². The maximum Gasteiger partial charge on any atom is 0.269 e. The summed E-state index contributed by atoms with van der Waals surface area (Å²) in [7, 11) is 0. The Labute approximate surface area is 150 Å². The monoisotopic (exact) mass is 348 g/mol. The fourth-order valence-corrected chi connectivity index (χ4v) is 3.98. The fourth-order valence-electron chi connectivity index (χ4n) is 3.98. The number of fused-ring (bicyclic) bond motifs is 3. The maximum atomic E-state index is 10.9. The summed E-state index contributed by atoms with van der Waals surface area (Å²) in [4.78, 5) is 10.5. The van der Waals surface area contributed by atoms with E-state index in [2.05, 4.69) is 31.4 Å². The van der Waals surface area contributed by atoms with Gasteiger partial charge in [0.2, 0.25) is 0 Å². The predicted octanol–water partition coefficient (Wildman–Crippen LogP) is 4.81. The highest BCUT2D eigenvalue weighted by Gasteiger charge is 2.18. The Hall–Kier alpha value is -3.15. The van der Waals surface area contributed by atoms with E-state index >= 15 is 0 Å². The SMILES string of the molecule is CCn1c(C)c2c(C)nn3cc(-c4ccc([N+](=O)[O-])cc4)cc3c2c1C. The molecule has 0 fully saturated rings. The van der Waals surface area contributed by atoms with E-state index in [1.165, 1.54) is 34.3 Å². The minimum absolute atomic E-state index is 0.0976. The van der Waals surface area contributed by atoms with Gasteiger partial charge < -0.3 is 4.57 Å². The van der Waals surface area contributed by atoms with Crippen LogP contribution in [0.15, 0.2) is 36.5 Å². The molecular formula is C20H20N4O2. The summed E-state index contributed by atoms with van der Waals surface area (Å²) in [5.41, 5.74) is 6.59. The summed E-state index contributed by atoms with van der Waals surface area (Å²) in [5, 5.41) is 18.0. The number of nitro groups is 1. The van der Waals surface area contributed by atoms with Gasteiger partial charge in [-0.15, -0.1) is 0 Å². The molecule has 0 atom stereocenters. The van der Waals surface area contributed by atoms with Crippen molar-refractivity contribution in [3.8, 4) is 11.1 Å². The van der Waals surface area contributed by atoms with Crippen molar-refractivity contribution in [2.75, 3.05) is 0 Å². The molecule has 3 heterocycles. The molecule has 0 saturated carbocycles. The van der Waals surface area contributed by atoms with E-state index in [0.717, 1.165) is 28.9 Å². The minimum atomic E-state index is -0.381. The van der Waals surface area contributed by atoms with Gasteiger partial charge in [0.15, 0.2) is 0 Å². The molecule has 0 amide bonds. The highest BCUT2D eigenvalue weighted by molar-refractivity contribution is 6.02. The summed E-state index contributed by atoms with van der Waals surface area (Å²) in [6.07, 6.45) is 1.99. The van der Waals surface area contributed by atoms with Crippen molar-refractivity contribution in [3.63, 3.8) is 0 Å². The number of hydrogen-bond donors (Lipinski definition) is 0. The average molecular weight is 348 g/mol. The number of aromatic nitrogens is 3. The molecule has 26 heavy (non-hydrogen) atoms. The van der Waals surface area contributed by atoms with Crippen LogP contribution < -0.4 is 0 Å². The van der Waals surface area contributed by atoms with Crippen molar-refractivity contribution < 1.29 is 4.92 Å². The highest BCUT2D eigenvalue weighted by Crippen LogP contribution is 2.34. The second-order valence-electron chi connectivity index (χ2n) is 6.61. The third-order valence-corrected chi connectivity index (χ3v) is 5.19. The lowest BCUT2D eigenvalue weighted by Crippen LogP contribution is -1.98. The first-order chi connectivity index (χ1) is 12.4. The van der Waals surface area contributed by atoms with E-state index in [1.54, 1.807) is 12.1 Å². The summed E-state index contributed by atoms with van der Waals surface area (Å²) in [6, 6.07) is 8.75. The third-order valence-electron chi connectivity index (χ3n) is 5.19. The number of hydrogen-bond acceptors (Lipinski definition) is 3. The minimum Gasteiger partial charge on any atom is -0.348 e. The number of nitro benzene ring substituents is 1. The highest BCUT2D eigenvalue weighted by atomic mass is 16.6. The molecule has 0 radical (unpaired) electrons. The van der Waals surface area contributed by atoms with Crippen LogP contribution in [0.4, 0.5) is 5.69 Å². The van der Waals surface area contributed by atoms with Gasteiger partial charge in [-0.25, -0.2) is 4.52 Å². The molecule has 0 aliphatic heterocycles. The molecule has 0 bridgehead atoms. The normalized spacial score (nSPS) is 11.5. The topological polar surface area (TPSA) is 65.4 Å². The summed E-state index contributed by atoms with van der Waals surface area (Å²) < 4.78 is 4.23. The second-order valence-corrected chi connectivity index (χ2v) is 6.61. The molecule has 0 aliphatic carbocycles. The van der Waals surface area contributed by atoms with Gasteiger partial charge in [-0.05, 0) is 51.5 Å². The smallest absolute Gasteiger partial charge is 0.269 e. The molecule has 0 unspecified atom stereocenters. The molecule has 0 aliphatic rings. The van der Waals surface area contributed by atoms with Gasteiger partial charge in [0.1, 0.15) is 0 Å². The standard InChI is InChI=1S/C20H20N4O2/c1-5-22-13(3)19-12(2)21-23-11-16(10-18(23)20(19)14(22)4)15-6-8-17(9-7-15)24(25)26/h6-11H,5H2,1-4H3. The van der Waals surface area contributed by atoms with Crippen LogP contribution in [0.25, 0.3) is 27.4 Å². The number of aryl methyl sites for hydroxylation is 3. The molecule has 6 heteroatoms. The van der Waals surface area contributed by atoms with Crippen LogP contribution in [0.2, 0.25) is 0 Å². The van der Waals surface area contributed by atoms with Crippen LogP contribution in [0, 0.1) is 30.9 Å². The van der Waals surface area contributed by atoms with E-state index in [-0.39, 0.29) is 10.6 Å². The van der Waals surface area contributed by atoms with Crippen molar-refractivity contribution in [1.82, 2.24) is 14.2 Å². The Morgan fingerprint density at radius 3 is 2.31 bits per heavy atom. The van der Waals surface area contributed by atoms with Gasteiger partial charge in [-0.1, -0.05) is 0 Å². The summed E-state index contributed by atoms with van der Waals surface area (Å²) in [5.74, 6) is 0. The molecule has 0 spiro atoms. The zero-order valence-corrected chi connectivity index (χ0v) is 15.3. The van der Waals surface area contributed by atoms with Crippen LogP contribution in [0.5, 0.6) is 0 Å². The lowest BCUT2D eigenvalue weighted by molar-refractivity contribution is -0.384. The number of nitrogens with zero attached hydrogens (tertiary/aromatic N) is 4. The van der Waals surface area contributed by atoms with Gasteiger partial charge in [0, 0.05) is 52.6 Å². The first kappa shape index (κ1) is 16.3. The largest absolute Gasteiger partial charge is 0.348 e. The summed E-state index contributed by atoms with van der Waals surface area (Å²) >= 11 is 0. The summed E-state index contributed by atoms with van der Waals surface area (Å²) in [6.45, 7) is 9.41. The zero-order chi connectivity index (χ0) is 18.6. The molecule has 0 saturated heterocycles. The quantitative estimate of drug-likeness (QED) is 0.394. The zero-order valence-electron chi connectivity index (χ0n) is 15.3. The van der Waals surface area contributed by atoms with Crippen molar-refractivity contribution >= 4 is 22.0 Å². The second kappa shape index (κ2) is 5.69. The van der Waals surface area contributed by atoms with E-state index in [9.17, 15) is 10.1 Å². The number of rotatable bonds is 3. The Bertz CT molecular complexity index is 1170. The van der Waals surface area contributed by atoms with Gasteiger partial charge in [0.05, 0.1) is 16.1 Å². The molecule has 1 aromatic carbocycles. The molecule has 0 N–H and O–H groups in total. The van der Waals surface area contributed by atoms with E-state index in [1.807, 2.05) is 17.6 Å². The fraction of sp³-hybridized carbons (Fsp3) is 0.250. The lowest BCUT2D eigenvalue weighted by atomic mass is 10.1. The van der Waals surface area contributed by atoms with Crippen LogP contribution in [-0.4, -0.2) is 19.1 Å². The Morgan fingerprint density at radius 2 is 1.69 bits per heavy atom. The van der Waals surface area contributed by atoms with Crippen LogP contribution >= 0.6 is 0 Å². The predicted molar refractivity (Wildman–Crippen MR) is 103 cm³/mol. The average Bonchev–Trinajstić information content (AvgIpc) is 3.14. The van der Waals surface area contributed by atoms with Gasteiger partial charge in [-0.3, -0.25) is 10.1 Å². The lowest BCUT2D eigenvalue weighted by Gasteiger charge is -2.03. The first-order valence-electron chi connectivity index (χ1n) is 8.65. The first-order valence-corrected chi connectivity index (χ1v) is 8.65. The number of benzene rings is 1. The Kier molecular flexibility index (Phi) is 3.57. The molecule has 3 aromatic heterocycles. The molecular weight excluding hydrogens is 328 g/mol. The van der Waals surface area contributed by atoms with Gasteiger partial charge in [-0.2, -0.15) is 5.10 Å². The molecule has 4 aromatic rings. The molecule has 132 valence electrons. The maximum absolute atomic E-state index is 10.9. The van der Waals surface area contributed by atoms with Crippen LogP contribution in [-0.2, 0) is 6.54 Å². The van der Waals surface area contributed by atoms with Crippen molar-refractivity contribution in [2.24, 2.45) is 0 Å². The van der Waals surface area contributed by atoms with E-state index in [0.29, 0.717) is 0 Å².